The summed E-state index contributed by atoms with van der Waals surface area (Å²) in [7, 11) is 0. The number of aryl methyl sites for hydroxylation is 2. The summed E-state index contributed by atoms with van der Waals surface area (Å²) in [5.74, 6) is -0.341. The Labute approximate surface area is 207 Å². The van der Waals surface area contributed by atoms with Crippen molar-refractivity contribution in [3.8, 4) is 0 Å². The molecule has 6 nitrogen and oxygen atoms in total. The fourth-order valence-electron chi connectivity index (χ4n) is 4.70. The largest absolute Gasteiger partial charge is 0.346 e. The Morgan fingerprint density at radius 2 is 1.29 bits per heavy atom. The van der Waals surface area contributed by atoms with Crippen LogP contribution in [0, 0.1) is 13.8 Å². The van der Waals surface area contributed by atoms with E-state index in [0.717, 1.165) is 43.0 Å². The molecule has 1 aliphatic heterocycles. The molecule has 0 aromatic heterocycles. The van der Waals surface area contributed by atoms with Crippen LogP contribution >= 0.6 is 0 Å². The Balaban J connectivity index is 1.27. The molecule has 0 saturated carbocycles. The number of nitrogens with one attached hydrogen (secondary N) is 2. The van der Waals surface area contributed by atoms with Gasteiger partial charge in [0.2, 0.25) is 11.8 Å². The standard InChI is InChI=1S/C29H34N4O2/c1-22-10-9-11-23(2)28(22)31-26(34)20-30-27(35)21-32-16-18-33(19-17-32)29(24-12-5-3-6-13-24)25-14-7-4-8-15-25/h3-15,29H,16-21H2,1-2H3,(H,30,35)(H,31,34). The Bertz CT molecular complexity index is 1070. The van der Waals surface area contributed by atoms with Crippen molar-refractivity contribution in [1.29, 1.82) is 0 Å². The van der Waals surface area contributed by atoms with Gasteiger partial charge >= 0.3 is 0 Å². The summed E-state index contributed by atoms with van der Waals surface area (Å²) in [6, 6.07) is 27.2. The molecule has 2 amide bonds. The molecular formula is C29H34N4O2. The molecule has 35 heavy (non-hydrogen) atoms. The van der Waals surface area contributed by atoms with E-state index in [0.29, 0.717) is 6.54 Å². The molecule has 1 fully saturated rings. The Morgan fingerprint density at radius 3 is 1.83 bits per heavy atom. The van der Waals surface area contributed by atoms with Gasteiger partial charge < -0.3 is 10.6 Å². The quantitative estimate of drug-likeness (QED) is 0.526. The Hall–Kier alpha value is -3.48. The number of hydrogen-bond acceptors (Lipinski definition) is 4. The number of carbonyl (C=O) groups excluding carboxylic acids is 2. The van der Waals surface area contributed by atoms with Gasteiger partial charge in [0.1, 0.15) is 0 Å². The summed E-state index contributed by atoms with van der Waals surface area (Å²) >= 11 is 0. The molecule has 4 rings (SSSR count). The highest BCUT2D eigenvalue weighted by Crippen LogP contribution is 2.29. The molecule has 0 spiro atoms. The van der Waals surface area contributed by atoms with Crippen LogP contribution in [0.1, 0.15) is 28.3 Å². The van der Waals surface area contributed by atoms with Gasteiger partial charge in [0.15, 0.2) is 0 Å². The summed E-state index contributed by atoms with van der Waals surface area (Å²) in [5.41, 5.74) is 5.38. The summed E-state index contributed by atoms with van der Waals surface area (Å²) in [6.07, 6.45) is 0. The topological polar surface area (TPSA) is 64.7 Å². The average molecular weight is 471 g/mol. The second kappa shape index (κ2) is 11.8. The van der Waals surface area contributed by atoms with Crippen LogP contribution in [-0.2, 0) is 9.59 Å². The van der Waals surface area contributed by atoms with Gasteiger partial charge in [0, 0.05) is 31.9 Å². The van der Waals surface area contributed by atoms with E-state index in [1.807, 2.05) is 44.2 Å². The first-order chi connectivity index (χ1) is 17.0. The van der Waals surface area contributed by atoms with E-state index >= 15 is 0 Å². The third-order valence-electron chi connectivity index (χ3n) is 6.56. The molecule has 0 aliphatic carbocycles. The van der Waals surface area contributed by atoms with Crippen LogP contribution in [0.15, 0.2) is 78.9 Å². The first-order valence-electron chi connectivity index (χ1n) is 12.2. The van der Waals surface area contributed by atoms with E-state index in [2.05, 4.69) is 69.0 Å². The van der Waals surface area contributed by atoms with Gasteiger partial charge in [-0.1, -0.05) is 78.9 Å². The van der Waals surface area contributed by atoms with Crippen LogP contribution in [0.2, 0.25) is 0 Å². The minimum Gasteiger partial charge on any atom is -0.346 e. The molecule has 1 heterocycles. The number of anilines is 1. The van der Waals surface area contributed by atoms with Crippen LogP contribution in [0.3, 0.4) is 0 Å². The van der Waals surface area contributed by atoms with E-state index in [4.69, 9.17) is 0 Å². The maximum absolute atomic E-state index is 12.5. The molecular weight excluding hydrogens is 436 g/mol. The molecule has 2 N–H and O–H groups in total. The van der Waals surface area contributed by atoms with E-state index in [-0.39, 0.29) is 24.4 Å². The van der Waals surface area contributed by atoms with Crippen LogP contribution < -0.4 is 10.6 Å². The van der Waals surface area contributed by atoms with Crippen molar-refractivity contribution < 1.29 is 9.59 Å². The minimum atomic E-state index is -0.214. The van der Waals surface area contributed by atoms with Crippen molar-refractivity contribution in [3.63, 3.8) is 0 Å². The molecule has 3 aromatic rings. The number of carbonyl (C=O) groups is 2. The Morgan fingerprint density at radius 1 is 0.743 bits per heavy atom. The zero-order valence-electron chi connectivity index (χ0n) is 20.5. The third-order valence-corrected chi connectivity index (χ3v) is 6.56. The SMILES string of the molecule is Cc1cccc(C)c1NC(=O)CNC(=O)CN1CCN(C(c2ccccc2)c2ccccc2)CC1. The van der Waals surface area contributed by atoms with Crippen LogP contribution in [0.25, 0.3) is 0 Å². The number of piperazine rings is 1. The van der Waals surface area contributed by atoms with Crippen molar-refractivity contribution in [2.45, 2.75) is 19.9 Å². The predicted octanol–water partition coefficient (Wildman–Crippen LogP) is 3.77. The molecule has 0 radical (unpaired) electrons. The molecule has 0 unspecified atom stereocenters. The molecule has 0 atom stereocenters. The molecule has 1 saturated heterocycles. The van der Waals surface area contributed by atoms with Gasteiger partial charge in [-0.2, -0.15) is 0 Å². The van der Waals surface area contributed by atoms with Crippen LogP contribution in [-0.4, -0.2) is 60.9 Å². The number of rotatable bonds is 8. The number of hydrogen-bond donors (Lipinski definition) is 2. The minimum absolute atomic E-state index is 0.0311. The normalized spacial score (nSPS) is 14.6. The second-order valence-corrected chi connectivity index (χ2v) is 9.13. The maximum Gasteiger partial charge on any atom is 0.243 e. The van der Waals surface area contributed by atoms with Crippen molar-refractivity contribution >= 4 is 17.5 Å². The molecule has 0 bridgehead atoms. The van der Waals surface area contributed by atoms with Crippen molar-refractivity contribution in [2.24, 2.45) is 0 Å². The van der Waals surface area contributed by atoms with E-state index in [1.54, 1.807) is 0 Å². The summed E-state index contributed by atoms with van der Waals surface area (Å²) in [6.45, 7) is 7.53. The van der Waals surface area contributed by atoms with Gasteiger partial charge in [-0.05, 0) is 36.1 Å². The van der Waals surface area contributed by atoms with Crippen LogP contribution in [0.5, 0.6) is 0 Å². The highest BCUT2D eigenvalue weighted by molar-refractivity contribution is 5.95. The lowest BCUT2D eigenvalue weighted by Crippen LogP contribution is -2.50. The predicted molar refractivity (Wildman–Crippen MR) is 140 cm³/mol. The van der Waals surface area contributed by atoms with E-state index in [1.165, 1.54) is 11.1 Å². The van der Waals surface area contributed by atoms with Gasteiger partial charge in [-0.3, -0.25) is 19.4 Å². The second-order valence-electron chi connectivity index (χ2n) is 9.13. The maximum atomic E-state index is 12.5. The fourth-order valence-corrected chi connectivity index (χ4v) is 4.70. The van der Waals surface area contributed by atoms with Gasteiger partial charge in [-0.15, -0.1) is 0 Å². The first kappa shape index (κ1) is 24.6. The van der Waals surface area contributed by atoms with Gasteiger partial charge in [0.25, 0.3) is 0 Å². The molecule has 1 aliphatic rings. The zero-order chi connectivity index (χ0) is 24.6. The zero-order valence-corrected chi connectivity index (χ0v) is 20.5. The fraction of sp³-hybridized carbons (Fsp3) is 0.310. The first-order valence-corrected chi connectivity index (χ1v) is 12.2. The lowest BCUT2D eigenvalue weighted by Gasteiger charge is -2.39. The van der Waals surface area contributed by atoms with Gasteiger partial charge in [0.05, 0.1) is 19.1 Å². The van der Waals surface area contributed by atoms with Crippen LogP contribution in [0.4, 0.5) is 5.69 Å². The van der Waals surface area contributed by atoms with Gasteiger partial charge in [-0.25, -0.2) is 0 Å². The van der Waals surface area contributed by atoms with E-state index < -0.39 is 0 Å². The number of nitrogens with zero attached hydrogens (tertiary/aromatic N) is 2. The molecule has 182 valence electrons. The lowest BCUT2D eigenvalue weighted by atomic mass is 9.96. The third kappa shape index (κ3) is 6.56. The number of para-hydroxylation sites is 1. The average Bonchev–Trinajstić information content (AvgIpc) is 2.88. The summed E-state index contributed by atoms with van der Waals surface area (Å²) in [5, 5.41) is 5.68. The highest BCUT2D eigenvalue weighted by Gasteiger charge is 2.27. The number of amides is 2. The Kier molecular flexibility index (Phi) is 8.29. The lowest BCUT2D eigenvalue weighted by molar-refractivity contribution is -0.125. The highest BCUT2D eigenvalue weighted by atomic mass is 16.2. The smallest absolute Gasteiger partial charge is 0.243 e. The van der Waals surface area contributed by atoms with Crippen molar-refractivity contribution in [2.75, 3.05) is 44.6 Å². The van der Waals surface area contributed by atoms with Crippen molar-refractivity contribution in [3.05, 3.63) is 101 Å². The number of benzene rings is 3. The van der Waals surface area contributed by atoms with Crippen molar-refractivity contribution in [1.82, 2.24) is 15.1 Å². The summed E-state index contributed by atoms with van der Waals surface area (Å²) in [4.78, 5) is 29.5. The molecule has 3 aromatic carbocycles. The monoisotopic (exact) mass is 470 g/mol. The van der Waals surface area contributed by atoms with E-state index in [9.17, 15) is 9.59 Å². The summed E-state index contributed by atoms with van der Waals surface area (Å²) < 4.78 is 0. The molecule has 6 heteroatoms.